The molecule has 1 heterocycles. The average Bonchev–Trinajstić information content (AvgIpc) is 2.19. The molecule has 1 aromatic heterocycles. The summed E-state index contributed by atoms with van der Waals surface area (Å²) in [6.07, 6.45) is 0. The molecule has 0 unspecified atom stereocenters. The average molecular weight is 346 g/mol. The third-order valence-electron chi connectivity index (χ3n) is 2.29. The largest absolute Gasteiger partial charge is 0.388 e. The van der Waals surface area contributed by atoms with Crippen LogP contribution in [0.15, 0.2) is 18.2 Å². The zero-order valence-electron chi connectivity index (χ0n) is 8.42. The van der Waals surface area contributed by atoms with Gasteiger partial charge in [-0.15, -0.1) is 0 Å². The minimum absolute atomic E-state index is 0.183. The summed E-state index contributed by atoms with van der Waals surface area (Å²) in [7, 11) is 0. The lowest BCUT2D eigenvalue weighted by molar-refractivity contribution is 0.635. The van der Waals surface area contributed by atoms with Gasteiger partial charge in [-0.05, 0) is 53.3 Å². The van der Waals surface area contributed by atoms with Crippen LogP contribution in [0.2, 0.25) is 0 Å². The van der Waals surface area contributed by atoms with Crippen molar-refractivity contribution in [1.82, 2.24) is 4.98 Å². The van der Waals surface area contributed by atoms with E-state index < -0.39 is 0 Å². The fourth-order valence-electron chi connectivity index (χ4n) is 1.54. The molecule has 2 rings (SSSR count). The van der Waals surface area contributed by atoms with Crippen molar-refractivity contribution in [2.75, 3.05) is 0 Å². The number of benzene rings is 1. The normalized spacial score (nSPS) is 10.7. The molecule has 0 saturated heterocycles. The molecule has 0 aliphatic carbocycles. The summed E-state index contributed by atoms with van der Waals surface area (Å²) >= 11 is 6.92. The van der Waals surface area contributed by atoms with Crippen molar-refractivity contribution < 1.29 is 4.39 Å². The lowest BCUT2D eigenvalue weighted by Crippen LogP contribution is -2.12. The zero-order valence-corrected chi connectivity index (χ0v) is 11.4. The molecule has 0 amide bonds. The van der Waals surface area contributed by atoms with Crippen molar-refractivity contribution in [1.29, 1.82) is 0 Å². The highest BCUT2D eigenvalue weighted by Crippen LogP contribution is 2.23. The van der Waals surface area contributed by atoms with Crippen LogP contribution in [0.3, 0.4) is 0 Å². The Morgan fingerprint density at radius 3 is 2.75 bits per heavy atom. The summed E-state index contributed by atoms with van der Waals surface area (Å²) in [6, 6.07) is 5.11. The summed E-state index contributed by atoms with van der Waals surface area (Å²) in [6.45, 7) is 1.89. The molecule has 0 aliphatic heterocycles. The Bertz CT molecular complexity index is 598. The number of thiocarbonyl (C=S) groups is 1. The van der Waals surface area contributed by atoms with Crippen molar-refractivity contribution >= 4 is 50.7 Å². The number of nitrogens with two attached hydrogens (primary N) is 1. The van der Waals surface area contributed by atoms with Crippen LogP contribution in [0.5, 0.6) is 0 Å². The minimum atomic E-state index is -0.344. The standard InChI is InChI=1S/C11H8FIN2S/c1-5-2-9(11(14)16)15-10-7(5)3-6(13)4-8(10)12/h2-4H,1H3,(H2,14,16). The number of halogens is 2. The summed E-state index contributed by atoms with van der Waals surface area (Å²) in [5.74, 6) is -0.344. The van der Waals surface area contributed by atoms with E-state index in [4.69, 9.17) is 18.0 Å². The Morgan fingerprint density at radius 1 is 1.44 bits per heavy atom. The molecule has 0 radical (unpaired) electrons. The Kier molecular flexibility index (Phi) is 3.07. The lowest BCUT2D eigenvalue weighted by atomic mass is 10.1. The van der Waals surface area contributed by atoms with Gasteiger partial charge in [-0.2, -0.15) is 0 Å². The van der Waals surface area contributed by atoms with Crippen LogP contribution < -0.4 is 5.73 Å². The van der Waals surface area contributed by atoms with E-state index in [1.54, 1.807) is 6.07 Å². The first kappa shape index (κ1) is 11.7. The smallest absolute Gasteiger partial charge is 0.150 e. The molecule has 1 aromatic carbocycles. The number of hydrogen-bond donors (Lipinski definition) is 1. The maximum atomic E-state index is 13.7. The first-order valence-corrected chi connectivity index (χ1v) is 6.04. The number of fused-ring (bicyclic) bond motifs is 1. The molecule has 16 heavy (non-hydrogen) atoms. The molecule has 0 atom stereocenters. The van der Waals surface area contributed by atoms with Gasteiger partial charge in [-0.25, -0.2) is 9.37 Å². The first-order chi connectivity index (χ1) is 7.49. The predicted molar refractivity (Wildman–Crippen MR) is 75.0 cm³/mol. The van der Waals surface area contributed by atoms with Crippen molar-refractivity contribution in [2.24, 2.45) is 5.73 Å². The lowest BCUT2D eigenvalue weighted by Gasteiger charge is -2.06. The zero-order chi connectivity index (χ0) is 11.9. The first-order valence-electron chi connectivity index (χ1n) is 4.55. The van der Waals surface area contributed by atoms with Gasteiger partial charge >= 0.3 is 0 Å². The summed E-state index contributed by atoms with van der Waals surface area (Å²) in [5.41, 5.74) is 7.20. The molecule has 0 bridgehead atoms. The highest BCUT2D eigenvalue weighted by molar-refractivity contribution is 14.1. The van der Waals surface area contributed by atoms with Gasteiger partial charge < -0.3 is 5.73 Å². The highest BCUT2D eigenvalue weighted by atomic mass is 127. The molecule has 5 heteroatoms. The fraction of sp³-hybridized carbons (Fsp3) is 0.0909. The van der Waals surface area contributed by atoms with E-state index in [1.807, 2.05) is 13.0 Å². The molecule has 0 saturated carbocycles. The Hall–Kier alpha value is -0.820. The molecular weight excluding hydrogens is 338 g/mol. The van der Waals surface area contributed by atoms with E-state index in [0.29, 0.717) is 11.2 Å². The van der Waals surface area contributed by atoms with E-state index in [9.17, 15) is 4.39 Å². The fourth-order valence-corrected chi connectivity index (χ4v) is 2.23. The maximum absolute atomic E-state index is 13.7. The molecule has 0 fully saturated rings. The topological polar surface area (TPSA) is 38.9 Å². The monoisotopic (exact) mass is 346 g/mol. The van der Waals surface area contributed by atoms with Gasteiger partial charge in [0.05, 0.1) is 5.69 Å². The van der Waals surface area contributed by atoms with Gasteiger partial charge in [0.15, 0.2) is 5.82 Å². The minimum Gasteiger partial charge on any atom is -0.388 e. The Balaban J connectivity index is 2.87. The number of hydrogen-bond acceptors (Lipinski definition) is 2. The van der Waals surface area contributed by atoms with Crippen LogP contribution in [0.4, 0.5) is 4.39 Å². The Labute approximate surface area is 111 Å². The molecule has 2 nitrogen and oxygen atoms in total. The van der Waals surface area contributed by atoms with Crippen molar-refractivity contribution in [3.05, 3.63) is 38.8 Å². The summed E-state index contributed by atoms with van der Waals surface area (Å²) < 4.78 is 14.6. The number of nitrogens with zero attached hydrogens (tertiary/aromatic N) is 1. The maximum Gasteiger partial charge on any atom is 0.150 e. The summed E-state index contributed by atoms with van der Waals surface area (Å²) in [5, 5.41) is 0.796. The van der Waals surface area contributed by atoms with E-state index >= 15 is 0 Å². The second-order valence-electron chi connectivity index (χ2n) is 3.47. The third-order valence-corrected chi connectivity index (χ3v) is 3.12. The van der Waals surface area contributed by atoms with E-state index in [2.05, 4.69) is 27.6 Å². The van der Waals surface area contributed by atoms with Crippen LogP contribution in [-0.2, 0) is 0 Å². The van der Waals surface area contributed by atoms with Crippen LogP contribution >= 0.6 is 34.8 Å². The van der Waals surface area contributed by atoms with Crippen molar-refractivity contribution in [3.8, 4) is 0 Å². The van der Waals surface area contributed by atoms with Gasteiger partial charge in [0.1, 0.15) is 10.5 Å². The van der Waals surface area contributed by atoms with Gasteiger partial charge in [-0.1, -0.05) is 12.2 Å². The van der Waals surface area contributed by atoms with Gasteiger partial charge in [0.25, 0.3) is 0 Å². The SMILES string of the molecule is Cc1cc(C(N)=S)nc2c(F)cc(I)cc12. The number of rotatable bonds is 1. The molecule has 0 aliphatic rings. The van der Waals surface area contributed by atoms with Crippen molar-refractivity contribution in [2.45, 2.75) is 6.92 Å². The molecule has 82 valence electrons. The Morgan fingerprint density at radius 2 is 2.12 bits per heavy atom. The van der Waals surface area contributed by atoms with Gasteiger partial charge in [-0.3, -0.25) is 0 Å². The van der Waals surface area contributed by atoms with E-state index in [-0.39, 0.29) is 10.8 Å². The van der Waals surface area contributed by atoms with Gasteiger partial charge in [0, 0.05) is 8.96 Å². The summed E-state index contributed by atoms with van der Waals surface area (Å²) in [4.78, 5) is 4.31. The van der Waals surface area contributed by atoms with Gasteiger partial charge in [0.2, 0.25) is 0 Å². The molecule has 2 aromatic rings. The quantitative estimate of drug-likeness (QED) is 0.638. The molecule has 2 N–H and O–H groups in total. The second-order valence-corrected chi connectivity index (χ2v) is 5.16. The van der Waals surface area contributed by atoms with E-state index in [0.717, 1.165) is 14.5 Å². The van der Waals surface area contributed by atoms with E-state index in [1.165, 1.54) is 6.07 Å². The third kappa shape index (κ3) is 2.01. The van der Waals surface area contributed by atoms with Crippen LogP contribution in [0, 0.1) is 16.3 Å². The highest BCUT2D eigenvalue weighted by Gasteiger charge is 2.09. The second kappa shape index (κ2) is 4.21. The number of aryl methyl sites for hydroxylation is 1. The molecule has 0 spiro atoms. The van der Waals surface area contributed by atoms with Crippen LogP contribution in [0.25, 0.3) is 10.9 Å². The van der Waals surface area contributed by atoms with Crippen LogP contribution in [-0.4, -0.2) is 9.97 Å². The number of pyridine rings is 1. The number of aromatic nitrogens is 1. The predicted octanol–water partition coefficient (Wildman–Crippen LogP) is 2.92. The molecular formula is C11H8FIN2S. The van der Waals surface area contributed by atoms with Crippen molar-refractivity contribution in [3.63, 3.8) is 0 Å². The van der Waals surface area contributed by atoms with Crippen LogP contribution in [0.1, 0.15) is 11.3 Å².